The van der Waals surface area contributed by atoms with E-state index in [0.29, 0.717) is 13.0 Å². The Kier molecular flexibility index (Phi) is 3.23. The van der Waals surface area contributed by atoms with Crippen LogP contribution in [0, 0.1) is 0 Å². The third kappa shape index (κ3) is 2.06. The summed E-state index contributed by atoms with van der Waals surface area (Å²) in [5, 5.41) is 2.74. The predicted octanol–water partition coefficient (Wildman–Crippen LogP) is 2.63. The number of pyridine rings is 1. The maximum atomic E-state index is 10.7. The maximum absolute atomic E-state index is 10.7. The molecule has 0 spiro atoms. The highest BCUT2D eigenvalue weighted by atomic mass is 16.1. The van der Waals surface area contributed by atoms with Crippen molar-refractivity contribution in [2.75, 3.05) is 5.32 Å². The summed E-state index contributed by atoms with van der Waals surface area (Å²) in [6.45, 7) is 0.535. The summed E-state index contributed by atoms with van der Waals surface area (Å²) in [6, 6.07) is 16.0. The number of carbonyl (C=O) groups is 1. The Morgan fingerprint density at radius 1 is 1.15 bits per heavy atom. The van der Waals surface area contributed by atoms with Gasteiger partial charge >= 0.3 is 0 Å². The first-order chi connectivity index (χ1) is 9.83. The highest BCUT2D eigenvalue weighted by Gasteiger charge is 2.09. The molecule has 0 saturated heterocycles. The zero-order chi connectivity index (χ0) is 13.9. The highest BCUT2D eigenvalue weighted by molar-refractivity contribution is 5.88. The van der Waals surface area contributed by atoms with E-state index in [2.05, 4.69) is 9.72 Å². The summed E-state index contributed by atoms with van der Waals surface area (Å²) in [5.41, 5.74) is 10.6. The van der Waals surface area contributed by atoms with Crippen LogP contribution in [0.1, 0.15) is 5.56 Å². The van der Waals surface area contributed by atoms with Crippen molar-refractivity contribution < 1.29 is 4.79 Å². The number of aromatic nitrogens is 1. The zero-order valence-electron chi connectivity index (χ0n) is 10.9. The Hall–Kier alpha value is -2.59. The number of nitrogens with one attached hydrogen (secondary N) is 1. The van der Waals surface area contributed by atoms with E-state index in [-0.39, 0.29) is 0 Å². The molecule has 1 aromatic carbocycles. The summed E-state index contributed by atoms with van der Waals surface area (Å²) in [7, 11) is 0. The molecular formula is C16H15N3O. The van der Waals surface area contributed by atoms with Gasteiger partial charge in [-0.1, -0.05) is 30.3 Å². The van der Waals surface area contributed by atoms with E-state index < -0.39 is 0 Å². The molecule has 3 N–H and O–H groups in total. The monoisotopic (exact) mass is 265 g/mol. The van der Waals surface area contributed by atoms with Crippen LogP contribution in [0.4, 0.5) is 5.69 Å². The molecule has 20 heavy (non-hydrogen) atoms. The van der Waals surface area contributed by atoms with Crippen LogP contribution >= 0.6 is 0 Å². The molecule has 0 atom stereocenters. The average Bonchev–Trinajstić information content (AvgIpc) is 2.87. The van der Waals surface area contributed by atoms with Gasteiger partial charge in [-0.2, -0.15) is 0 Å². The molecule has 3 rings (SSSR count). The van der Waals surface area contributed by atoms with Gasteiger partial charge in [0.15, 0.2) is 0 Å². The lowest BCUT2D eigenvalue weighted by Gasteiger charge is -2.04. The third-order valence-corrected chi connectivity index (χ3v) is 3.38. The molecule has 4 nitrogen and oxygen atoms in total. The first-order valence-electron chi connectivity index (χ1n) is 6.43. The van der Waals surface area contributed by atoms with Gasteiger partial charge in [-0.15, -0.1) is 0 Å². The molecule has 0 fully saturated rings. The van der Waals surface area contributed by atoms with E-state index in [9.17, 15) is 4.79 Å². The van der Waals surface area contributed by atoms with Crippen molar-refractivity contribution in [3.05, 3.63) is 60.3 Å². The minimum Gasteiger partial charge on any atom is -0.327 e. The van der Waals surface area contributed by atoms with Crippen LogP contribution in [0.15, 0.2) is 54.7 Å². The van der Waals surface area contributed by atoms with Gasteiger partial charge in [0.2, 0.25) is 6.41 Å². The van der Waals surface area contributed by atoms with Crippen molar-refractivity contribution in [1.82, 2.24) is 4.40 Å². The van der Waals surface area contributed by atoms with Crippen molar-refractivity contribution in [2.45, 2.75) is 6.54 Å². The second kappa shape index (κ2) is 5.19. The number of amides is 1. The molecule has 0 aliphatic rings. The van der Waals surface area contributed by atoms with E-state index in [1.165, 1.54) is 0 Å². The average molecular weight is 265 g/mol. The molecule has 1 amide bonds. The second-order valence-electron chi connectivity index (χ2n) is 4.56. The van der Waals surface area contributed by atoms with Crippen molar-refractivity contribution >= 4 is 17.6 Å². The molecule has 0 bridgehead atoms. The molecule has 0 radical (unpaired) electrons. The number of nitrogens with two attached hydrogens (primary N) is 1. The van der Waals surface area contributed by atoms with E-state index in [4.69, 9.17) is 5.73 Å². The number of hydrogen-bond acceptors (Lipinski definition) is 2. The van der Waals surface area contributed by atoms with E-state index >= 15 is 0 Å². The van der Waals surface area contributed by atoms with Crippen LogP contribution in [0.25, 0.3) is 16.8 Å². The van der Waals surface area contributed by atoms with Crippen molar-refractivity contribution in [3.63, 3.8) is 0 Å². The normalized spacial score (nSPS) is 10.7. The molecule has 0 aliphatic heterocycles. The summed E-state index contributed by atoms with van der Waals surface area (Å²) in [4.78, 5) is 10.7. The van der Waals surface area contributed by atoms with Gasteiger partial charge in [0, 0.05) is 12.7 Å². The van der Waals surface area contributed by atoms with Crippen LogP contribution in [-0.4, -0.2) is 10.8 Å². The standard InChI is InChI=1S/C16H15N3O/c17-10-12-4-6-13(7-5-12)16-9-14(18-11-20)15-3-1-2-8-19(15)16/h1-9,11H,10,17H2,(H,18,20). The SMILES string of the molecule is NCc1ccc(-c2cc(NC=O)c3ccccn23)cc1. The number of rotatable bonds is 4. The lowest BCUT2D eigenvalue weighted by atomic mass is 10.1. The summed E-state index contributed by atoms with van der Waals surface area (Å²) >= 11 is 0. The van der Waals surface area contributed by atoms with Gasteiger partial charge in [0.1, 0.15) is 0 Å². The molecule has 100 valence electrons. The maximum Gasteiger partial charge on any atom is 0.211 e. The van der Waals surface area contributed by atoms with Crippen molar-refractivity contribution in [1.29, 1.82) is 0 Å². The van der Waals surface area contributed by atoms with Crippen LogP contribution < -0.4 is 11.1 Å². The minimum absolute atomic E-state index is 0.535. The van der Waals surface area contributed by atoms with E-state index in [0.717, 1.165) is 28.0 Å². The van der Waals surface area contributed by atoms with Gasteiger partial charge in [0.05, 0.1) is 16.9 Å². The Morgan fingerprint density at radius 3 is 2.65 bits per heavy atom. The fourth-order valence-corrected chi connectivity index (χ4v) is 2.37. The fourth-order valence-electron chi connectivity index (χ4n) is 2.37. The lowest BCUT2D eigenvalue weighted by molar-refractivity contribution is -0.105. The number of fused-ring (bicyclic) bond motifs is 1. The molecule has 3 aromatic rings. The number of carbonyl (C=O) groups excluding carboxylic acids is 1. The summed E-state index contributed by atoms with van der Waals surface area (Å²) < 4.78 is 2.06. The van der Waals surface area contributed by atoms with Gasteiger partial charge in [-0.25, -0.2) is 0 Å². The predicted molar refractivity (Wildman–Crippen MR) is 80.4 cm³/mol. The Labute approximate surface area is 116 Å². The minimum atomic E-state index is 0.535. The molecule has 0 aliphatic carbocycles. The Balaban J connectivity index is 2.16. The summed E-state index contributed by atoms with van der Waals surface area (Å²) in [6.07, 6.45) is 2.68. The van der Waals surface area contributed by atoms with Gasteiger partial charge in [-0.05, 0) is 29.3 Å². The molecule has 0 unspecified atom stereocenters. The highest BCUT2D eigenvalue weighted by Crippen LogP contribution is 2.29. The Bertz CT molecular complexity index is 744. The van der Waals surface area contributed by atoms with Crippen LogP contribution in [0.3, 0.4) is 0 Å². The van der Waals surface area contributed by atoms with Crippen LogP contribution in [0.2, 0.25) is 0 Å². The molecule has 0 saturated carbocycles. The lowest BCUT2D eigenvalue weighted by Crippen LogP contribution is -1.95. The van der Waals surface area contributed by atoms with Gasteiger partial charge < -0.3 is 15.5 Å². The number of nitrogens with zero attached hydrogens (tertiary/aromatic N) is 1. The largest absolute Gasteiger partial charge is 0.327 e. The molecule has 2 heterocycles. The van der Waals surface area contributed by atoms with Crippen LogP contribution in [-0.2, 0) is 11.3 Å². The molecule has 4 heteroatoms. The fraction of sp³-hybridized carbons (Fsp3) is 0.0625. The molecule has 2 aromatic heterocycles. The van der Waals surface area contributed by atoms with E-state index in [1.807, 2.05) is 54.7 Å². The third-order valence-electron chi connectivity index (χ3n) is 3.38. The van der Waals surface area contributed by atoms with Crippen LogP contribution in [0.5, 0.6) is 0 Å². The molecular weight excluding hydrogens is 250 g/mol. The van der Waals surface area contributed by atoms with Gasteiger partial charge in [-0.3, -0.25) is 4.79 Å². The Morgan fingerprint density at radius 2 is 1.95 bits per heavy atom. The van der Waals surface area contributed by atoms with E-state index in [1.54, 1.807) is 0 Å². The number of anilines is 1. The van der Waals surface area contributed by atoms with Crippen molar-refractivity contribution in [3.8, 4) is 11.3 Å². The number of hydrogen-bond donors (Lipinski definition) is 2. The van der Waals surface area contributed by atoms with Gasteiger partial charge in [0.25, 0.3) is 0 Å². The topological polar surface area (TPSA) is 59.5 Å². The zero-order valence-corrected chi connectivity index (χ0v) is 10.9. The second-order valence-corrected chi connectivity index (χ2v) is 4.56. The first kappa shape index (κ1) is 12.4. The smallest absolute Gasteiger partial charge is 0.211 e. The quantitative estimate of drug-likeness (QED) is 0.712. The first-order valence-corrected chi connectivity index (χ1v) is 6.43. The van der Waals surface area contributed by atoms with Crippen molar-refractivity contribution in [2.24, 2.45) is 5.73 Å². The number of benzene rings is 1. The summed E-state index contributed by atoms with van der Waals surface area (Å²) in [5.74, 6) is 0.